The summed E-state index contributed by atoms with van der Waals surface area (Å²) >= 11 is 0. The topological polar surface area (TPSA) is 67.2 Å². The van der Waals surface area contributed by atoms with E-state index in [0.717, 1.165) is 30.8 Å². The molecule has 1 aliphatic heterocycles. The minimum absolute atomic E-state index is 0.0113. The maximum Gasteiger partial charge on any atom is 0.253 e. The lowest BCUT2D eigenvalue weighted by Gasteiger charge is -2.33. The number of aryl methyl sites for hydroxylation is 1. The Morgan fingerprint density at radius 2 is 1.92 bits per heavy atom. The summed E-state index contributed by atoms with van der Waals surface area (Å²) in [5.74, 6) is 0.0138. The fourth-order valence-electron chi connectivity index (χ4n) is 3.21. The third-order valence-corrected chi connectivity index (χ3v) is 4.77. The number of hydrogen-bond acceptors (Lipinski definition) is 3. The van der Waals surface area contributed by atoms with Crippen LogP contribution in [0, 0.1) is 12.8 Å². The van der Waals surface area contributed by atoms with Gasteiger partial charge in [-0.05, 0) is 50.1 Å². The van der Waals surface area contributed by atoms with E-state index in [-0.39, 0.29) is 23.8 Å². The maximum atomic E-state index is 12.8. The molecule has 0 radical (unpaired) electrons. The summed E-state index contributed by atoms with van der Waals surface area (Å²) in [5, 5.41) is 7.33. The van der Waals surface area contributed by atoms with Gasteiger partial charge in [-0.15, -0.1) is 0 Å². The second-order valence-corrected chi connectivity index (χ2v) is 7.18. The summed E-state index contributed by atoms with van der Waals surface area (Å²) in [7, 11) is 0. The minimum atomic E-state index is -0.0422. The Labute approximate surface area is 154 Å². The lowest BCUT2D eigenvalue weighted by molar-refractivity contribution is -0.125. The van der Waals surface area contributed by atoms with E-state index in [1.165, 1.54) is 0 Å². The SMILES string of the molecule is Cc1ccnn1-c1ccc(C(=O)N2CCCC(NC(=O)C(C)C)C2)cc1. The quantitative estimate of drug-likeness (QED) is 0.917. The predicted molar refractivity (Wildman–Crippen MR) is 100 cm³/mol. The number of carbonyl (C=O) groups excluding carboxylic acids is 2. The number of carbonyl (C=O) groups is 2. The minimum Gasteiger partial charge on any atom is -0.351 e. The number of benzene rings is 1. The van der Waals surface area contributed by atoms with Gasteiger partial charge in [-0.3, -0.25) is 9.59 Å². The van der Waals surface area contributed by atoms with Crippen molar-refractivity contribution >= 4 is 11.8 Å². The maximum absolute atomic E-state index is 12.8. The van der Waals surface area contributed by atoms with E-state index in [1.54, 1.807) is 6.20 Å². The second-order valence-electron chi connectivity index (χ2n) is 7.18. The first-order chi connectivity index (χ1) is 12.5. The van der Waals surface area contributed by atoms with Crippen molar-refractivity contribution in [3.63, 3.8) is 0 Å². The smallest absolute Gasteiger partial charge is 0.253 e. The zero-order valence-corrected chi connectivity index (χ0v) is 15.6. The second kappa shape index (κ2) is 7.72. The molecule has 6 nitrogen and oxygen atoms in total. The molecule has 2 aromatic rings. The van der Waals surface area contributed by atoms with Gasteiger partial charge in [-0.25, -0.2) is 4.68 Å². The molecular formula is C20H26N4O2. The van der Waals surface area contributed by atoms with Crippen LogP contribution in [0.2, 0.25) is 0 Å². The zero-order valence-electron chi connectivity index (χ0n) is 15.6. The number of nitrogens with one attached hydrogen (secondary N) is 1. The number of hydrogen-bond donors (Lipinski definition) is 1. The number of piperidine rings is 1. The van der Waals surface area contributed by atoms with Crippen LogP contribution in [0.5, 0.6) is 0 Å². The molecular weight excluding hydrogens is 328 g/mol. The summed E-state index contributed by atoms with van der Waals surface area (Å²) in [5.41, 5.74) is 2.64. The average molecular weight is 354 g/mol. The Bertz CT molecular complexity index is 779. The average Bonchev–Trinajstić information content (AvgIpc) is 3.07. The van der Waals surface area contributed by atoms with E-state index < -0.39 is 0 Å². The summed E-state index contributed by atoms with van der Waals surface area (Å²) in [6.45, 7) is 7.05. The van der Waals surface area contributed by atoms with Gasteiger partial charge >= 0.3 is 0 Å². The largest absolute Gasteiger partial charge is 0.351 e. The van der Waals surface area contributed by atoms with Crippen LogP contribution < -0.4 is 5.32 Å². The Hall–Kier alpha value is -2.63. The van der Waals surface area contributed by atoms with Crippen LogP contribution >= 0.6 is 0 Å². The van der Waals surface area contributed by atoms with E-state index in [9.17, 15) is 9.59 Å². The molecule has 3 rings (SSSR count). The van der Waals surface area contributed by atoms with Crippen molar-refractivity contribution in [1.29, 1.82) is 0 Å². The van der Waals surface area contributed by atoms with Crippen molar-refractivity contribution in [2.45, 2.75) is 39.7 Å². The summed E-state index contributed by atoms with van der Waals surface area (Å²) in [4.78, 5) is 26.6. The van der Waals surface area contributed by atoms with Gasteiger partial charge in [0.25, 0.3) is 5.91 Å². The number of nitrogens with zero attached hydrogens (tertiary/aromatic N) is 3. The van der Waals surface area contributed by atoms with Crippen molar-refractivity contribution in [2.75, 3.05) is 13.1 Å². The van der Waals surface area contributed by atoms with Gasteiger partial charge in [0.15, 0.2) is 0 Å². The highest BCUT2D eigenvalue weighted by Gasteiger charge is 2.26. The molecule has 6 heteroatoms. The molecule has 1 saturated heterocycles. The normalized spacial score (nSPS) is 17.4. The van der Waals surface area contributed by atoms with Crippen LogP contribution in [0.25, 0.3) is 5.69 Å². The van der Waals surface area contributed by atoms with E-state index in [0.29, 0.717) is 12.1 Å². The molecule has 0 bridgehead atoms. The molecule has 0 spiro atoms. The zero-order chi connectivity index (χ0) is 18.7. The molecule has 2 amide bonds. The fourth-order valence-corrected chi connectivity index (χ4v) is 3.21. The first kappa shape index (κ1) is 18.2. The fraction of sp³-hybridized carbons (Fsp3) is 0.450. The van der Waals surface area contributed by atoms with E-state index in [4.69, 9.17) is 0 Å². The highest BCUT2D eigenvalue weighted by atomic mass is 16.2. The standard InChI is InChI=1S/C20H26N4O2/c1-14(2)19(25)22-17-5-4-12-23(13-17)20(26)16-6-8-18(9-7-16)24-15(3)10-11-21-24/h6-11,14,17H,4-5,12-13H2,1-3H3,(H,22,25). The monoisotopic (exact) mass is 354 g/mol. The highest BCUT2D eigenvalue weighted by Crippen LogP contribution is 2.17. The van der Waals surface area contributed by atoms with Crippen LogP contribution in [-0.2, 0) is 4.79 Å². The van der Waals surface area contributed by atoms with Crippen molar-refractivity contribution in [3.8, 4) is 5.69 Å². The van der Waals surface area contributed by atoms with Gasteiger partial charge < -0.3 is 10.2 Å². The molecule has 1 fully saturated rings. The number of rotatable bonds is 4. The van der Waals surface area contributed by atoms with Crippen LogP contribution in [0.3, 0.4) is 0 Å². The molecule has 1 N–H and O–H groups in total. The highest BCUT2D eigenvalue weighted by molar-refractivity contribution is 5.94. The van der Waals surface area contributed by atoms with Gasteiger partial charge in [-0.2, -0.15) is 5.10 Å². The van der Waals surface area contributed by atoms with Crippen LogP contribution in [-0.4, -0.2) is 45.6 Å². The molecule has 0 saturated carbocycles. The van der Waals surface area contributed by atoms with E-state index in [1.807, 2.05) is 60.7 Å². The van der Waals surface area contributed by atoms with Crippen LogP contribution in [0.1, 0.15) is 42.7 Å². The molecule has 1 atom stereocenters. The third-order valence-electron chi connectivity index (χ3n) is 4.77. The van der Waals surface area contributed by atoms with Crippen LogP contribution in [0.15, 0.2) is 36.5 Å². The summed E-state index contributed by atoms with van der Waals surface area (Å²) < 4.78 is 1.84. The van der Waals surface area contributed by atoms with Crippen molar-refractivity contribution in [2.24, 2.45) is 5.92 Å². The molecule has 26 heavy (non-hydrogen) atoms. The lowest BCUT2D eigenvalue weighted by Crippen LogP contribution is -2.50. The van der Waals surface area contributed by atoms with Gasteiger partial charge in [0, 0.05) is 42.5 Å². The van der Waals surface area contributed by atoms with Gasteiger partial charge in [0.1, 0.15) is 0 Å². The Morgan fingerprint density at radius 3 is 2.54 bits per heavy atom. The Balaban J connectivity index is 1.67. The molecule has 0 aliphatic carbocycles. The molecule has 138 valence electrons. The third kappa shape index (κ3) is 3.95. The number of amides is 2. The van der Waals surface area contributed by atoms with Crippen LogP contribution in [0.4, 0.5) is 0 Å². The number of likely N-dealkylation sites (tertiary alicyclic amines) is 1. The number of aromatic nitrogens is 2. The lowest BCUT2D eigenvalue weighted by atomic mass is 10.0. The van der Waals surface area contributed by atoms with Gasteiger partial charge in [0.05, 0.1) is 5.69 Å². The van der Waals surface area contributed by atoms with E-state index in [2.05, 4.69) is 10.4 Å². The van der Waals surface area contributed by atoms with Gasteiger partial charge in [0.2, 0.25) is 5.91 Å². The molecule has 1 aromatic carbocycles. The van der Waals surface area contributed by atoms with Crippen molar-refractivity contribution < 1.29 is 9.59 Å². The molecule has 1 aromatic heterocycles. The predicted octanol–water partition coefficient (Wildman–Crippen LogP) is 2.56. The first-order valence-electron chi connectivity index (χ1n) is 9.16. The van der Waals surface area contributed by atoms with Crippen molar-refractivity contribution in [1.82, 2.24) is 20.0 Å². The van der Waals surface area contributed by atoms with Crippen molar-refractivity contribution in [3.05, 3.63) is 47.8 Å². The summed E-state index contributed by atoms with van der Waals surface area (Å²) in [6.07, 6.45) is 3.58. The molecule has 1 aliphatic rings. The summed E-state index contributed by atoms with van der Waals surface area (Å²) in [6, 6.07) is 9.49. The Morgan fingerprint density at radius 1 is 1.19 bits per heavy atom. The molecule has 1 unspecified atom stereocenters. The van der Waals surface area contributed by atoms with Gasteiger partial charge in [-0.1, -0.05) is 13.8 Å². The molecule has 2 heterocycles. The Kier molecular flexibility index (Phi) is 5.40. The van der Waals surface area contributed by atoms with E-state index >= 15 is 0 Å². The first-order valence-corrected chi connectivity index (χ1v) is 9.16.